The third-order valence-corrected chi connectivity index (χ3v) is 3.21. The number of nitrogens with zero attached hydrogens (tertiary/aromatic N) is 1. The second kappa shape index (κ2) is 10.7. The van der Waals surface area contributed by atoms with Crippen LogP contribution in [0.25, 0.3) is 0 Å². The van der Waals surface area contributed by atoms with Crippen molar-refractivity contribution in [2.24, 2.45) is 11.7 Å². The van der Waals surface area contributed by atoms with Crippen LogP contribution in [0, 0.1) is 5.92 Å². The molecule has 0 bridgehead atoms. The molecule has 1 atom stereocenters. The SMILES string of the molecule is C=CCNC(=O)NC(=O)CN1CCCC(CCN)C1.Cl. The van der Waals surface area contributed by atoms with E-state index in [9.17, 15) is 9.59 Å². The van der Waals surface area contributed by atoms with Crippen LogP contribution in [0.4, 0.5) is 4.79 Å². The summed E-state index contributed by atoms with van der Waals surface area (Å²) in [6, 6.07) is -0.472. The van der Waals surface area contributed by atoms with Gasteiger partial charge in [-0.2, -0.15) is 0 Å². The molecule has 7 heteroatoms. The maximum atomic E-state index is 11.7. The Balaban J connectivity index is 0.00000361. The van der Waals surface area contributed by atoms with Gasteiger partial charge in [0.05, 0.1) is 6.54 Å². The summed E-state index contributed by atoms with van der Waals surface area (Å²) >= 11 is 0. The van der Waals surface area contributed by atoms with Crippen molar-refractivity contribution in [3.05, 3.63) is 12.7 Å². The van der Waals surface area contributed by atoms with E-state index in [-0.39, 0.29) is 24.9 Å². The summed E-state index contributed by atoms with van der Waals surface area (Å²) in [5, 5.41) is 4.81. The molecule has 20 heavy (non-hydrogen) atoms. The molecule has 0 radical (unpaired) electrons. The summed E-state index contributed by atoms with van der Waals surface area (Å²) in [6.07, 6.45) is 4.82. The molecule has 1 saturated heterocycles. The Labute approximate surface area is 126 Å². The highest BCUT2D eigenvalue weighted by molar-refractivity contribution is 5.95. The zero-order valence-corrected chi connectivity index (χ0v) is 12.6. The number of halogens is 1. The number of hydrogen-bond acceptors (Lipinski definition) is 4. The minimum atomic E-state index is -0.472. The molecule has 0 aromatic carbocycles. The molecule has 0 aliphatic carbocycles. The van der Waals surface area contributed by atoms with Crippen molar-refractivity contribution in [3.63, 3.8) is 0 Å². The van der Waals surface area contributed by atoms with Gasteiger partial charge in [-0.25, -0.2) is 4.79 Å². The van der Waals surface area contributed by atoms with Crippen LogP contribution in [0.5, 0.6) is 0 Å². The Hall–Kier alpha value is -1.11. The summed E-state index contributed by atoms with van der Waals surface area (Å²) < 4.78 is 0. The van der Waals surface area contributed by atoms with Crippen molar-refractivity contribution in [1.82, 2.24) is 15.5 Å². The summed E-state index contributed by atoms with van der Waals surface area (Å²) in [6.45, 7) is 6.58. The van der Waals surface area contributed by atoms with Gasteiger partial charge in [0.15, 0.2) is 0 Å². The van der Waals surface area contributed by atoms with Gasteiger partial charge in [-0.15, -0.1) is 19.0 Å². The lowest BCUT2D eigenvalue weighted by Crippen LogP contribution is -2.47. The molecular weight excluding hydrogens is 280 g/mol. The van der Waals surface area contributed by atoms with Gasteiger partial charge >= 0.3 is 6.03 Å². The number of likely N-dealkylation sites (tertiary alicyclic amines) is 1. The number of rotatable bonds is 6. The lowest BCUT2D eigenvalue weighted by Gasteiger charge is -2.31. The summed E-state index contributed by atoms with van der Waals surface area (Å²) in [4.78, 5) is 25.1. The second-order valence-corrected chi connectivity index (χ2v) is 4.87. The van der Waals surface area contributed by atoms with Crippen molar-refractivity contribution >= 4 is 24.3 Å². The van der Waals surface area contributed by atoms with Crippen LogP contribution in [0.3, 0.4) is 0 Å². The smallest absolute Gasteiger partial charge is 0.321 e. The van der Waals surface area contributed by atoms with Gasteiger partial charge in [0, 0.05) is 13.1 Å². The molecule has 0 spiro atoms. The van der Waals surface area contributed by atoms with Crippen LogP contribution >= 0.6 is 12.4 Å². The zero-order valence-electron chi connectivity index (χ0n) is 11.8. The van der Waals surface area contributed by atoms with Crippen LogP contribution < -0.4 is 16.4 Å². The number of urea groups is 1. The van der Waals surface area contributed by atoms with Crippen molar-refractivity contribution in [3.8, 4) is 0 Å². The number of nitrogens with two attached hydrogens (primary N) is 1. The predicted molar refractivity (Wildman–Crippen MR) is 81.8 cm³/mol. The topological polar surface area (TPSA) is 87.5 Å². The minimum absolute atomic E-state index is 0. The van der Waals surface area contributed by atoms with Crippen LogP contribution in [0.15, 0.2) is 12.7 Å². The zero-order chi connectivity index (χ0) is 14.1. The average Bonchev–Trinajstić information content (AvgIpc) is 2.37. The third kappa shape index (κ3) is 7.47. The van der Waals surface area contributed by atoms with E-state index in [2.05, 4.69) is 22.1 Å². The van der Waals surface area contributed by atoms with Gasteiger partial charge in [0.25, 0.3) is 0 Å². The van der Waals surface area contributed by atoms with E-state index >= 15 is 0 Å². The van der Waals surface area contributed by atoms with E-state index in [0.29, 0.717) is 19.0 Å². The van der Waals surface area contributed by atoms with Crippen molar-refractivity contribution < 1.29 is 9.59 Å². The molecule has 6 nitrogen and oxygen atoms in total. The fourth-order valence-electron chi connectivity index (χ4n) is 2.34. The molecule has 3 amide bonds. The van der Waals surface area contributed by atoms with Crippen molar-refractivity contribution in [1.29, 1.82) is 0 Å². The summed E-state index contributed by atoms with van der Waals surface area (Å²) in [5.74, 6) is 0.302. The number of carbonyl (C=O) groups excluding carboxylic acids is 2. The number of hydrogen-bond donors (Lipinski definition) is 3. The fraction of sp³-hybridized carbons (Fsp3) is 0.692. The van der Waals surface area contributed by atoms with E-state index < -0.39 is 6.03 Å². The molecule has 1 rings (SSSR count). The Morgan fingerprint density at radius 2 is 2.20 bits per heavy atom. The largest absolute Gasteiger partial charge is 0.334 e. The minimum Gasteiger partial charge on any atom is -0.334 e. The lowest BCUT2D eigenvalue weighted by atomic mass is 9.95. The standard InChI is InChI=1S/C13H24N4O2.ClH/c1-2-7-15-13(19)16-12(18)10-17-8-3-4-11(9-17)5-6-14;/h2,11H,1,3-10,14H2,(H2,15,16,18,19);1H. The Kier molecular flexibility index (Phi) is 10.1. The maximum absolute atomic E-state index is 11.7. The molecule has 116 valence electrons. The van der Waals surface area contributed by atoms with Gasteiger partial charge in [-0.3, -0.25) is 15.0 Å². The monoisotopic (exact) mass is 304 g/mol. The first kappa shape index (κ1) is 18.9. The van der Waals surface area contributed by atoms with Crippen LogP contribution in [-0.4, -0.2) is 49.6 Å². The Morgan fingerprint density at radius 1 is 1.45 bits per heavy atom. The molecule has 1 fully saturated rings. The second-order valence-electron chi connectivity index (χ2n) is 4.87. The van der Waals surface area contributed by atoms with Crippen LogP contribution in [0.2, 0.25) is 0 Å². The van der Waals surface area contributed by atoms with E-state index in [1.54, 1.807) is 6.08 Å². The first-order chi connectivity index (χ1) is 9.15. The average molecular weight is 305 g/mol. The number of piperidine rings is 1. The molecule has 0 aromatic rings. The van der Waals surface area contributed by atoms with E-state index in [1.807, 2.05) is 0 Å². The molecule has 1 heterocycles. The quantitative estimate of drug-likeness (QED) is 0.623. The molecule has 0 saturated carbocycles. The maximum Gasteiger partial charge on any atom is 0.321 e. The van der Waals surface area contributed by atoms with Crippen LogP contribution in [-0.2, 0) is 4.79 Å². The molecule has 1 aliphatic heterocycles. The fourth-order valence-corrected chi connectivity index (χ4v) is 2.34. The third-order valence-electron chi connectivity index (χ3n) is 3.21. The number of carbonyl (C=O) groups is 2. The van der Waals surface area contributed by atoms with Crippen molar-refractivity contribution in [2.75, 3.05) is 32.7 Å². The highest BCUT2D eigenvalue weighted by Crippen LogP contribution is 2.18. The molecule has 1 aliphatic rings. The van der Waals surface area contributed by atoms with E-state index in [4.69, 9.17) is 5.73 Å². The molecule has 0 aromatic heterocycles. The van der Waals surface area contributed by atoms with E-state index in [1.165, 1.54) is 6.42 Å². The number of nitrogens with one attached hydrogen (secondary N) is 2. The Morgan fingerprint density at radius 3 is 2.85 bits per heavy atom. The van der Waals surface area contributed by atoms with Gasteiger partial charge < -0.3 is 11.1 Å². The number of amides is 3. The summed E-state index contributed by atoms with van der Waals surface area (Å²) in [5.41, 5.74) is 5.56. The lowest BCUT2D eigenvalue weighted by molar-refractivity contribution is -0.121. The Bertz CT molecular complexity index is 323. The van der Waals surface area contributed by atoms with Gasteiger partial charge in [0.2, 0.25) is 5.91 Å². The van der Waals surface area contributed by atoms with E-state index in [0.717, 1.165) is 25.9 Å². The first-order valence-electron chi connectivity index (χ1n) is 6.76. The van der Waals surface area contributed by atoms with Gasteiger partial charge in [-0.1, -0.05) is 6.08 Å². The van der Waals surface area contributed by atoms with Crippen molar-refractivity contribution in [2.45, 2.75) is 19.3 Å². The molecular formula is C13H25ClN4O2. The molecule has 1 unspecified atom stereocenters. The number of imide groups is 1. The predicted octanol–water partition coefficient (Wildman–Crippen LogP) is 0.481. The van der Waals surface area contributed by atoms with Crippen LogP contribution in [0.1, 0.15) is 19.3 Å². The van der Waals surface area contributed by atoms with Gasteiger partial charge in [0.1, 0.15) is 0 Å². The normalized spacial score (nSPS) is 18.8. The van der Waals surface area contributed by atoms with Gasteiger partial charge in [-0.05, 0) is 38.3 Å². The molecule has 4 N–H and O–H groups in total. The summed E-state index contributed by atoms with van der Waals surface area (Å²) in [7, 11) is 0. The highest BCUT2D eigenvalue weighted by Gasteiger charge is 2.21. The highest BCUT2D eigenvalue weighted by atomic mass is 35.5. The first-order valence-corrected chi connectivity index (χ1v) is 6.76.